The van der Waals surface area contributed by atoms with Crippen molar-refractivity contribution >= 4 is 23.9 Å². The van der Waals surface area contributed by atoms with E-state index in [-0.39, 0.29) is 12.8 Å². The minimum absolute atomic E-state index is 0.179. The Hall–Kier alpha value is -2.36. The van der Waals surface area contributed by atoms with Crippen LogP contribution in [0.3, 0.4) is 0 Å². The molecule has 0 aliphatic carbocycles. The molecule has 1 atom stereocenters. The number of hydrogen-bond donors (Lipinski definition) is 5. The summed E-state index contributed by atoms with van der Waals surface area (Å²) in [5, 5.41) is 21.4. The molecule has 5 N–H and O–H groups in total. The second-order valence-corrected chi connectivity index (χ2v) is 5.38. The summed E-state index contributed by atoms with van der Waals surface area (Å²) in [5.41, 5.74) is 0.538. The summed E-state index contributed by atoms with van der Waals surface area (Å²) in [6, 6.07) is -1.18. The number of carbonyl (C=O) groups is 4. The highest BCUT2D eigenvalue weighted by molar-refractivity contribution is 5.89. The average molecular weight is 319 g/mol. The second-order valence-electron chi connectivity index (χ2n) is 5.38. The maximum Gasteiger partial charge on any atom is 0.408 e. The zero-order chi connectivity index (χ0) is 17.3. The fraction of sp³-hybridized carbons (Fsp3) is 0.667. The van der Waals surface area contributed by atoms with Gasteiger partial charge in [-0.15, -0.1) is 0 Å². The van der Waals surface area contributed by atoms with Gasteiger partial charge in [0.05, 0.1) is 6.54 Å². The van der Waals surface area contributed by atoms with Gasteiger partial charge in [0.1, 0.15) is 11.6 Å². The second kappa shape index (κ2) is 8.82. The third-order valence-corrected chi connectivity index (χ3v) is 2.20. The molecule has 0 saturated heterocycles. The van der Waals surface area contributed by atoms with Crippen molar-refractivity contribution in [1.29, 1.82) is 0 Å². The van der Waals surface area contributed by atoms with Crippen LogP contribution in [0, 0.1) is 0 Å². The lowest BCUT2D eigenvalue weighted by atomic mass is 10.1. The summed E-state index contributed by atoms with van der Waals surface area (Å²) in [6.07, 6.45) is -1.43. The first-order chi connectivity index (χ1) is 10.0. The van der Waals surface area contributed by atoms with Crippen molar-refractivity contribution in [3.63, 3.8) is 0 Å². The summed E-state index contributed by atoms with van der Waals surface area (Å²) in [6.45, 7) is 4.37. The minimum Gasteiger partial charge on any atom is -0.481 e. The van der Waals surface area contributed by atoms with Gasteiger partial charge in [0.25, 0.3) is 5.91 Å². The molecule has 22 heavy (non-hydrogen) atoms. The lowest BCUT2D eigenvalue weighted by Gasteiger charge is -2.23. The van der Waals surface area contributed by atoms with Gasteiger partial charge >= 0.3 is 12.1 Å². The number of carbonyl (C=O) groups excluding carboxylic acids is 3. The van der Waals surface area contributed by atoms with E-state index in [1.54, 1.807) is 20.8 Å². The van der Waals surface area contributed by atoms with Gasteiger partial charge in [0.2, 0.25) is 5.91 Å². The maximum atomic E-state index is 11.8. The average Bonchev–Trinajstić information content (AvgIpc) is 2.37. The van der Waals surface area contributed by atoms with E-state index in [9.17, 15) is 19.2 Å². The smallest absolute Gasteiger partial charge is 0.408 e. The first-order valence-corrected chi connectivity index (χ1v) is 6.47. The molecule has 0 fully saturated rings. The Morgan fingerprint density at radius 3 is 2.23 bits per heavy atom. The lowest BCUT2D eigenvalue weighted by Crippen LogP contribution is -2.50. The molecular weight excluding hydrogens is 298 g/mol. The molecule has 0 radical (unpaired) electrons. The standard InChI is InChI=1S/C12H21N3O7/c1-12(2,3)22-11(20)14-7(4-5-9(17)18)10(19)13-6-8(16)15-21/h7,21H,4-6H2,1-3H3,(H,13,19)(H,14,20)(H,15,16)(H,17,18)/t7-/m0/s1. The highest BCUT2D eigenvalue weighted by Gasteiger charge is 2.25. The summed E-state index contributed by atoms with van der Waals surface area (Å²) in [5.74, 6) is -2.77. The number of ether oxygens (including phenoxy) is 1. The molecule has 0 bridgehead atoms. The monoisotopic (exact) mass is 319 g/mol. The number of carboxylic acid groups (broad SMARTS) is 1. The van der Waals surface area contributed by atoms with Crippen molar-refractivity contribution in [2.24, 2.45) is 0 Å². The highest BCUT2D eigenvalue weighted by atomic mass is 16.6. The van der Waals surface area contributed by atoms with E-state index in [4.69, 9.17) is 15.1 Å². The van der Waals surface area contributed by atoms with E-state index < -0.39 is 42.1 Å². The third-order valence-electron chi connectivity index (χ3n) is 2.20. The number of alkyl carbamates (subject to hydrolysis) is 1. The van der Waals surface area contributed by atoms with Crippen LogP contribution in [0.25, 0.3) is 0 Å². The van der Waals surface area contributed by atoms with Gasteiger partial charge in [-0.3, -0.25) is 19.6 Å². The molecule has 126 valence electrons. The van der Waals surface area contributed by atoms with E-state index in [0.717, 1.165) is 0 Å². The SMILES string of the molecule is CC(C)(C)OC(=O)N[C@@H](CCC(=O)O)C(=O)NCC(=O)NO. The van der Waals surface area contributed by atoms with Crippen LogP contribution in [-0.4, -0.2) is 52.4 Å². The molecule has 0 heterocycles. The van der Waals surface area contributed by atoms with Gasteiger partial charge < -0.3 is 20.5 Å². The molecule has 0 aliphatic rings. The Morgan fingerprint density at radius 1 is 1.18 bits per heavy atom. The predicted octanol–water partition coefficient (Wildman–Crippen LogP) is -0.634. The van der Waals surface area contributed by atoms with E-state index in [1.807, 2.05) is 0 Å². The molecule has 0 aliphatic heterocycles. The number of hydroxylamine groups is 1. The molecule has 10 nitrogen and oxygen atoms in total. The molecule has 0 rings (SSSR count). The zero-order valence-electron chi connectivity index (χ0n) is 12.6. The largest absolute Gasteiger partial charge is 0.481 e. The molecule has 0 unspecified atom stereocenters. The number of rotatable bonds is 7. The summed E-state index contributed by atoms with van der Waals surface area (Å²) in [7, 11) is 0. The van der Waals surface area contributed by atoms with Gasteiger partial charge in [-0.25, -0.2) is 10.3 Å². The number of carboxylic acids is 1. The molecule has 0 aromatic heterocycles. The van der Waals surface area contributed by atoms with E-state index in [0.29, 0.717) is 0 Å². The van der Waals surface area contributed by atoms with E-state index in [1.165, 1.54) is 5.48 Å². The van der Waals surface area contributed by atoms with Crippen LogP contribution < -0.4 is 16.1 Å². The summed E-state index contributed by atoms with van der Waals surface area (Å²) >= 11 is 0. The van der Waals surface area contributed by atoms with Crippen molar-refractivity contribution in [3.8, 4) is 0 Å². The first-order valence-electron chi connectivity index (χ1n) is 6.47. The molecule has 0 aromatic rings. The maximum absolute atomic E-state index is 11.8. The third kappa shape index (κ3) is 9.53. The van der Waals surface area contributed by atoms with E-state index in [2.05, 4.69) is 10.6 Å². The van der Waals surface area contributed by atoms with Crippen molar-refractivity contribution in [3.05, 3.63) is 0 Å². The fourth-order valence-electron chi connectivity index (χ4n) is 1.32. The highest BCUT2D eigenvalue weighted by Crippen LogP contribution is 2.07. The summed E-state index contributed by atoms with van der Waals surface area (Å²) in [4.78, 5) is 44.9. The van der Waals surface area contributed by atoms with Gasteiger partial charge in [0.15, 0.2) is 0 Å². The molecule has 0 spiro atoms. The predicted molar refractivity (Wildman–Crippen MR) is 73.0 cm³/mol. The van der Waals surface area contributed by atoms with Crippen LogP contribution in [0.2, 0.25) is 0 Å². The lowest BCUT2D eigenvalue weighted by molar-refractivity contribution is -0.137. The van der Waals surface area contributed by atoms with Crippen LogP contribution in [0.1, 0.15) is 33.6 Å². The Morgan fingerprint density at radius 2 is 1.77 bits per heavy atom. The Bertz CT molecular complexity index is 431. The number of amides is 3. The molecule has 0 aromatic carbocycles. The first kappa shape index (κ1) is 19.6. The Balaban J connectivity index is 4.66. The van der Waals surface area contributed by atoms with Gasteiger partial charge in [0, 0.05) is 6.42 Å². The van der Waals surface area contributed by atoms with Crippen LogP contribution in [0.15, 0.2) is 0 Å². The number of hydrogen-bond acceptors (Lipinski definition) is 6. The van der Waals surface area contributed by atoms with Crippen molar-refractivity contribution in [2.75, 3.05) is 6.54 Å². The normalized spacial score (nSPS) is 12.0. The molecule has 0 saturated carbocycles. The van der Waals surface area contributed by atoms with Gasteiger partial charge in [-0.2, -0.15) is 0 Å². The van der Waals surface area contributed by atoms with Crippen molar-refractivity contribution < 1.29 is 34.2 Å². The molecule has 10 heteroatoms. The Labute approximate surface area is 127 Å². The number of aliphatic carboxylic acids is 1. The van der Waals surface area contributed by atoms with Gasteiger partial charge in [-0.05, 0) is 27.2 Å². The van der Waals surface area contributed by atoms with Crippen LogP contribution in [0.5, 0.6) is 0 Å². The minimum atomic E-state index is -1.18. The van der Waals surface area contributed by atoms with Crippen LogP contribution in [0.4, 0.5) is 4.79 Å². The van der Waals surface area contributed by atoms with Crippen LogP contribution in [-0.2, 0) is 19.1 Å². The van der Waals surface area contributed by atoms with E-state index >= 15 is 0 Å². The fourth-order valence-corrected chi connectivity index (χ4v) is 1.32. The van der Waals surface area contributed by atoms with Crippen molar-refractivity contribution in [2.45, 2.75) is 45.3 Å². The summed E-state index contributed by atoms with van der Waals surface area (Å²) < 4.78 is 4.98. The molecule has 3 amide bonds. The topological polar surface area (TPSA) is 154 Å². The van der Waals surface area contributed by atoms with Crippen molar-refractivity contribution in [1.82, 2.24) is 16.1 Å². The van der Waals surface area contributed by atoms with Crippen LogP contribution >= 0.6 is 0 Å². The molecular formula is C12H21N3O7. The van der Waals surface area contributed by atoms with Gasteiger partial charge in [-0.1, -0.05) is 0 Å². The zero-order valence-corrected chi connectivity index (χ0v) is 12.6. The Kier molecular flexibility index (Phi) is 7.88. The number of nitrogens with one attached hydrogen (secondary N) is 3. The quantitative estimate of drug-likeness (QED) is 0.309.